The van der Waals surface area contributed by atoms with Gasteiger partial charge < -0.3 is 9.88 Å². The molecule has 182 valence electrons. The molecule has 0 radical (unpaired) electrons. The second-order valence-corrected chi connectivity index (χ2v) is 11.3. The van der Waals surface area contributed by atoms with Crippen LogP contribution in [-0.4, -0.2) is 30.5 Å². The number of nitrogens with zero attached hydrogens (tertiary/aromatic N) is 5. The van der Waals surface area contributed by atoms with Crippen molar-refractivity contribution in [2.75, 3.05) is 5.32 Å². The van der Waals surface area contributed by atoms with Crippen LogP contribution in [0.5, 0.6) is 0 Å². The molecule has 6 nitrogen and oxygen atoms in total. The highest BCUT2D eigenvalue weighted by Gasteiger charge is 2.28. The Kier molecular flexibility index (Phi) is 6.79. The van der Waals surface area contributed by atoms with E-state index in [0.29, 0.717) is 29.4 Å². The monoisotopic (exact) mass is 480 g/mol. The molecule has 0 saturated heterocycles. The van der Waals surface area contributed by atoms with Crippen molar-refractivity contribution >= 4 is 28.6 Å². The zero-order chi connectivity index (χ0) is 23.8. The first-order valence-electron chi connectivity index (χ1n) is 13.1. The molecule has 34 heavy (non-hydrogen) atoms. The molecule has 1 atom stereocenters. The van der Waals surface area contributed by atoms with Crippen LogP contribution in [0.1, 0.15) is 84.1 Å². The van der Waals surface area contributed by atoms with E-state index < -0.39 is 0 Å². The van der Waals surface area contributed by atoms with Crippen LogP contribution in [0.15, 0.2) is 18.3 Å². The van der Waals surface area contributed by atoms with E-state index in [9.17, 15) is 0 Å². The van der Waals surface area contributed by atoms with Crippen molar-refractivity contribution in [2.24, 2.45) is 17.8 Å². The van der Waals surface area contributed by atoms with E-state index >= 15 is 0 Å². The number of pyridine rings is 1. The van der Waals surface area contributed by atoms with Gasteiger partial charge in [0.2, 0.25) is 5.28 Å². The van der Waals surface area contributed by atoms with Gasteiger partial charge in [0.15, 0.2) is 17.3 Å². The highest BCUT2D eigenvalue weighted by Crippen LogP contribution is 2.36. The van der Waals surface area contributed by atoms with Crippen LogP contribution in [0, 0.1) is 17.8 Å². The Morgan fingerprint density at radius 3 is 2.50 bits per heavy atom. The lowest BCUT2D eigenvalue weighted by Crippen LogP contribution is -2.31. The summed E-state index contributed by atoms with van der Waals surface area (Å²) in [6, 6.07) is 4.60. The van der Waals surface area contributed by atoms with Gasteiger partial charge in [-0.25, -0.2) is 4.98 Å². The molecule has 1 N–H and O–H groups in total. The average molecular weight is 481 g/mol. The Morgan fingerprint density at radius 1 is 1.06 bits per heavy atom. The van der Waals surface area contributed by atoms with Gasteiger partial charge in [-0.05, 0) is 85.6 Å². The third-order valence-electron chi connectivity index (χ3n) is 8.05. The molecule has 3 heterocycles. The van der Waals surface area contributed by atoms with E-state index in [2.05, 4.69) is 59.7 Å². The van der Waals surface area contributed by atoms with Crippen LogP contribution in [0.25, 0.3) is 22.7 Å². The number of hydrogen-bond acceptors (Lipinski definition) is 5. The number of hydrogen-bond donors (Lipinski definition) is 1. The Labute approximate surface area is 208 Å². The molecular formula is C27H37ClN6. The van der Waals surface area contributed by atoms with Gasteiger partial charge in [-0.2, -0.15) is 9.97 Å². The first-order valence-corrected chi connectivity index (χ1v) is 13.4. The molecule has 2 aliphatic rings. The normalized spacial score (nSPS) is 22.2. The minimum atomic E-state index is 0.238. The Hall–Kier alpha value is -2.21. The van der Waals surface area contributed by atoms with E-state index in [1.165, 1.54) is 50.5 Å². The minimum Gasteiger partial charge on any atom is -0.365 e. The quantitative estimate of drug-likeness (QED) is 0.365. The molecule has 2 saturated carbocycles. The second-order valence-electron chi connectivity index (χ2n) is 10.9. The molecule has 0 aromatic carbocycles. The summed E-state index contributed by atoms with van der Waals surface area (Å²) in [5.74, 6) is 4.22. The summed E-state index contributed by atoms with van der Waals surface area (Å²) in [4.78, 5) is 18.9. The maximum absolute atomic E-state index is 6.39. The lowest BCUT2D eigenvalue weighted by Gasteiger charge is -2.32. The summed E-state index contributed by atoms with van der Waals surface area (Å²) in [6.07, 6.45) is 10.8. The number of rotatable bonds is 7. The maximum Gasteiger partial charge on any atom is 0.226 e. The van der Waals surface area contributed by atoms with Crippen LogP contribution < -0.4 is 5.32 Å². The third kappa shape index (κ3) is 4.79. The fraction of sp³-hybridized carbons (Fsp3) is 0.630. The Morgan fingerprint density at radius 2 is 1.82 bits per heavy atom. The summed E-state index contributed by atoms with van der Waals surface area (Å²) in [6.45, 7) is 9.95. The van der Waals surface area contributed by atoms with E-state index in [-0.39, 0.29) is 5.28 Å². The van der Waals surface area contributed by atoms with Crippen molar-refractivity contribution in [3.05, 3.63) is 29.2 Å². The smallest absolute Gasteiger partial charge is 0.226 e. The minimum absolute atomic E-state index is 0.238. The standard InChI is InChI=1S/C27H37ClN6/c1-16(2)21-12-13-29-22(14-21)26-31-25-23(34(26)15-19-10-8-17(3)9-11-19)24(32-27(28)33-25)30-18(4)20-6-5-7-20/h12-14,16-20H,5-11,15H2,1-4H3,(H,30,32,33)/t17?,18-,19?/m1/s1. The van der Waals surface area contributed by atoms with Crippen LogP contribution in [0.2, 0.25) is 5.28 Å². The zero-order valence-electron chi connectivity index (χ0n) is 20.9. The summed E-state index contributed by atoms with van der Waals surface area (Å²) >= 11 is 6.39. The summed E-state index contributed by atoms with van der Waals surface area (Å²) < 4.78 is 2.33. The van der Waals surface area contributed by atoms with Gasteiger partial charge >= 0.3 is 0 Å². The maximum atomic E-state index is 6.39. The molecule has 0 unspecified atom stereocenters. The van der Waals surface area contributed by atoms with Gasteiger partial charge in [0, 0.05) is 18.8 Å². The number of imidazole rings is 1. The average Bonchev–Trinajstić information content (AvgIpc) is 3.12. The van der Waals surface area contributed by atoms with Gasteiger partial charge in [-0.3, -0.25) is 4.98 Å². The van der Waals surface area contributed by atoms with E-state index in [1.54, 1.807) is 0 Å². The number of halogens is 1. The fourth-order valence-corrected chi connectivity index (χ4v) is 5.62. The van der Waals surface area contributed by atoms with Crippen molar-refractivity contribution in [2.45, 2.75) is 91.1 Å². The molecule has 0 spiro atoms. The van der Waals surface area contributed by atoms with Crippen molar-refractivity contribution in [3.63, 3.8) is 0 Å². The third-order valence-corrected chi connectivity index (χ3v) is 8.22. The largest absolute Gasteiger partial charge is 0.365 e. The molecule has 0 aliphatic heterocycles. The summed E-state index contributed by atoms with van der Waals surface area (Å²) in [7, 11) is 0. The van der Waals surface area contributed by atoms with E-state index in [0.717, 1.165) is 35.3 Å². The van der Waals surface area contributed by atoms with Gasteiger partial charge in [0.25, 0.3) is 0 Å². The lowest BCUT2D eigenvalue weighted by atomic mass is 9.80. The van der Waals surface area contributed by atoms with Gasteiger partial charge in [0.05, 0.1) is 0 Å². The van der Waals surface area contributed by atoms with E-state index in [4.69, 9.17) is 21.6 Å². The highest BCUT2D eigenvalue weighted by atomic mass is 35.5. The molecule has 0 amide bonds. The van der Waals surface area contributed by atoms with Crippen LogP contribution in [-0.2, 0) is 6.54 Å². The second kappa shape index (κ2) is 9.80. The van der Waals surface area contributed by atoms with Crippen LogP contribution >= 0.6 is 11.6 Å². The molecular weight excluding hydrogens is 444 g/mol. The fourth-order valence-electron chi connectivity index (χ4n) is 5.45. The molecule has 2 aliphatic carbocycles. The van der Waals surface area contributed by atoms with Gasteiger partial charge in [0.1, 0.15) is 11.2 Å². The topological polar surface area (TPSA) is 68.5 Å². The van der Waals surface area contributed by atoms with Crippen molar-refractivity contribution < 1.29 is 0 Å². The summed E-state index contributed by atoms with van der Waals surface area (Å²) in [5.41, 5.74) is 3.76. The first-order chi connectivity index (χ1) is 16.4. The predicted molar refractivity (Wildman–Crippen MR) is 139 cm³/mol. The van der Waals surface area contributed by atoms with E-state index in [1.807, 2.05) is 6.20 Å². The first kappa shape index (κ1) is 23.5. The Balaban J connectivity index is 1.61. The highest BCUT2D eigenvalue weighted by molar-refractivity contribution is 6.28. The number of anilines is 1. The molecule has 0 bridgehead atoms. The van der Waals surface area contributed by atoms with Gasteiger partial charge in [-0.1, -0.05) is 40.0 Å². The van der Waals surface area contributed by atoms with Gasteiger partial charge in [-0.15, -0.1) is 0 Å². The Bertz CT molecular complexity index is 1140. The molecule has 5 rings (SSSR count). The zero-order valence-corrected chi connectivity index (χ0v) is 21.6. The van der Waals surface area contributed by atoms with Crippen LogP contribution in [0.3, 0.4) is 0 Å². The SMILES string of the molecule is CC1CCC(Cn2c(-c3cc(C(C)C)ccn3)nc3nc(Cl)nc(N[C@H](C)C4CCC4)c32)CC1. The molecule has 7 heteroatoms. The number of aromatic nitrogens is 5. The molecule has 3 aromatic heterocycles. The van der Waals surface area contributed by atoms with Crippen molar-refractivity contribution in [1.29, 1.82) is 0 Å². The van der Waals surface area contributed by atoms with Crippen LogP contribution in [0.4, 0.5) is 5.82 Å². The van der Waals surface area contributed by atoms with Crippen molar-refractivity contribution in [3.8, 4) is 11.5 Å². The summed E-state index contributed by atoms with van der Waals surface area (Å²) in [5, 5.41) is 3.93. The molecule has 2 fully saturated rings. The predicted octanol–water partition coefficient (Wildman–Crippen LogP) is 7.09. The lowest BCUT2D eigenvalue weighted by molar-refractivity contribution is 0.267. The van der Waals surface area contributed by atoms with Crippen molar-refractivity contribution in [1.82, 2.24) is 24.5 Å². The number of fused-ring (bicyclic) bond motifs is 1. The molecule has 3 aromatic rings. The number of nitrogens with one attached hydrogen (secondary N) is 1.